The van der Waals surface area contributed by atoms with Crippen molar-refractivity contribution in [2.45, 2.75) is 64.7 Å². The van der Waals surface area contributed by atoms with Gasteiger partial charge in [0.05, 0.1) is 10.9 Å². The summed E-state index contributed by atoms with van der Waals surface area (Å²) in [7, 11) is 1.87. The number of alkyl halides is 3. The quantitative estimate of drug-likeness (QED) is 0.445. The van der Waals surface area contributed by atoms with Crippen LogP contribution in [0.4, 0.5) is 13.2 Å². The molecule has 1 aromatic heterocycles. The van der Waals surface area contributed by atoms with E-state index in [9.17, 15) is 23.1 Å². The van der Waals surface area contributed by atoms with Crippen LogP contribution < -0.4 is 10.2 Å². The minimum absolute atomic E-state index is 0.0712. The fraction of sp³-hybridized carbons (Fsp3) is 0.423. The van der Waals surface area contributed by atoms with E-state index in [2.05, 4.69) is 0 Å². The Morgan fingerprint density at radius 2 is 1.82 bits per heavy atom. The van der Waals surface area contributed by atoms with Gasteiger partial charge in [-0.25, -0.2) is 0 Å². The molecule has 1 fully saturated rings. The number of fused-ring (bicyclic) bond motifs is 1. The van der Waals surface area contributed by atoms with Crippen molar-refractivity contribution in [3.05, 3.63) is 63.0 Å². The Morgan fingerprint density at radius 3 is 2.50 bits per heavy atom. The fourth-order valence-corrected chi connectivity index (χ4v) is 4.55. The summed E-state index contributed by atoms with van der Waals surface area (Å²) in [5, 5.41) is 10.4. The molecular formula is C26H28F3NO4. The minimum Gasteiger partial charge on any atom is -0.507 e. The third kappa shape index (κ3) is 4.78. The van der Waals surface area contributed by atoms with Crippen LogP contribution in [-0.2, 0) is 12.7 Å². The van der Waals surface area contributed by atoms with Crippen molar-refractivity contribution in [1.29, 1.82) is 0 Å². The Balaban J connectivity index is 1.85. The number of hydrogen-bond donors (Lipinski definition) is 1. The summed E-state index contributed by atoms with van der Waals surface area (Å²) in [5.41, 5.74) is 0.312. The first-order valence-corrected chi connectivity index (χ1v) is 11.4. The maximum atomic E-state index is 14.0. The first-order chi connectivity index (χ1) is 16.1. The van der Waals surface area contributed by atoms with Crippen molar-refractivity contribution in [2.24, 2.45) is 0 Å². The molecule has 0 unspecified atom stereocenters. The molecule has 182 valence electrons. The summed E-state index contributed by atoms with van der Waals surface area (Å²) >= 11 is 0. The lowest BCUT2D eigenvalue weighted by Gasteiger charge is -2.31. The molecule has 2 aromatic carbocycles. The molecule has 5 nitrogen and oxygen atoms in total. The Hall–Kier alpha value is -3.00. The van der Waals surface area contributed by atoms with Crippen LogP contribution >= 0.6 is 0 Å². The topological polar surface area (TPSA) is 62.9 Å². The Labute approximate surface area is 195 Å². The Morgan fingerprint density at radius 1 is 1.12 bits per heavy atom. The second-order valence-corrected chi connectivity index (χ2v) is 9.11. The van der Waals surface area contributed by atoms with Crippen LogP contribution in [0.25, 0.3) is 11.0 Å². The molecule has 1 heterocycles. The van der Waals surface area contributed by atoms with Crippen molar-refractivity contribution < 1.29 is 27.4 Å². The highest BCUT2D eigenvalue weighted by molar-refractivity contribution is 5.83. The number of phenolic OH excluding ortho intramolecular Hbond substituents is 1. The van der Waals surface area contributed by atoms with Gasteiger partial charge >= 0.3 is 6.18 Å². The first kappa shape index (κ1) is 24.1. The average molecular weight is 476 g/mol. The number of nitrogens with zero attached hydrogens (tertiary/aromatic N) is 1. The van der Waals surface area contributed by atoms with Crippen LogP contribution in [0, 0.1) is 13.8 Å². The van der Waals surface area contributed by atoms with Crippen LogP contribution in [0.15, 0.2) is 39.5 Å². The lowest BCUT2D eigenvalue weighted by molar-refractivity contribution is -0.154. The molecule has 0 radical (unpaired) electrons. The summed E-state index contributed by atoms with van der Waals surface area (Å²) < 4.78 is 53.0. The third-order valence-corrected chi connectivity index (χ3v) is 6.52. The van der Waals surface area contributed by atoms with E-state index in [0.29, 0.717) is 5.56 Å². The number of aryl methyl sites for hydroxylation is 2. The second-order valence-electron chi connectivity index (χ2n) is 9.11. The number of halogens is 3. The summed E-state index contributed by atoms with van der Waals surface area (Å²) in [6, 6.07) is 7.92. The van der Waals surface area contributed by atoms with Crippen molar-refractivity contribution in [2.75, 3.05) is 7.05 Å². The van der Waals surface area contributed by atoms with E-state index < -0.39 is 23.1 Å². The van der Waals surface area contributed by atoms with Gasteiger partial charge in [-0.3, -0.25) is 9.69 Å². The Bertz CT molecular complexity index is 1260. The van der Waals surface area contributed by atoms with Crippen molar-refractivity contribution in [3.63, 3.8) is 0 Å². The van der Waals surface area contributed by atoms with Gasteiger partial charge < -0.3 is 14.3 Å². The number of benzene rings is 2. The first-order valence-electron chi connectivity index (χ1n) is 11.4. The molecule has 4 rings (SSSR count). The monoisotopic (exact) mass is 475 g/mol. The van der Waals surface area contributed by atoms with Crippen LogP contribution in [0.5, 0.6) is 17.2 Å². The fourth-order valence-electron chi connectivity index (χ4n) is 4.55. The number of aromatic hydroxyl groups is 1. The van der Waals surface area contributed by atoms with E-state index in [4.69, 9.17) is 9.15 Å². The average Bonchev–Trinajstić information content (AvgIpc) is 2.79. The highest BCUT2D eigenvalue weighted by Crippen LogP contribution is 2.40. The molecule has 1 aliphatic carbocycles. The van der Waals surface area contributed by atoms with E-state index in [1.807, 2.05) is 11.9 Å². The van der Waals surface area contributed by atoms with Crippen LogP contribution in [-0.4, -0.2) is 23.1 Å². The molecule has 1 N–H and O–H groups in total. The number of hydrogen-bond acceptors (Lipinski definition) is 5. The van der Waals surface area contributed by atoms with Gasteiger partial charge in [0, 0.05) is 12.6 Å². The molecule has 3 aromatic rings. The van der Waals surface area contributed by atoms with Crippen molar-refractivity contribution >= 4 is 11.0 Å². The zero-order chi connectivity index (χ0) is 24.6. The van der Waals surface area contributed by atoms with E-state index >= 15 is 0 Å². The zero-order valence-electron chi connectivity index (χ0n) is 19.5. The molecule has 0 saturated heterocycles. The van der Waals surface area contributed by atoms with Crippen molar-refractivity contribution in [3.8, 4) is 17.2 Å². The normalized spacial score (nSPS) is 15.3. The molecule has 1 aliphatic rings. The lowest BCUT2D eigenvalue weighted by atomic mass is 9.94. The third-order valence-electron chi connectivity index (χ3n) is 6.52. The zero-order valence-corrected chi connectivity index (χ0v) is 19.5. The van der Waals surface area contributed by atoms with Gasteiger partial charge in [-0.2, -0.15) is 13.2 Å². The van der Waals surface area contributed by atoms with E-state index in [0.717, 1.165) is 37.7 Å². The molecule has 0 atom stereocenters. The molecule has 8 heteroatoms. The number of ether oxygens (including phenoxy) is 1. The predicted molar refractivity (Wildman–Crippen MR) is 123 cm³/mol. The second kappa shape index (κ2) is 9.33. The van der Waals surface area contributed by atoms with Crippen LogP contribution in [0.3, 0.4) is 0 Å². The lowest BCUT2D eigenvalue weighted by Crippen LogP contribution is -2.33. The van der Waals surface area contributed by atoms with Gasteiger partial charge in [0.1, 0.15) is 17.1 Å². The van der Waals surface area contributed by atoms with Gasteiger partial charge in [0.25, 0.3) is 5.76 Å². The highest BCUT2D eigenvalue weighted by atomic mass is 19.4. The molecular weight excluding hydrogens is 447 g/mol. The highest BCUT2D eigenvalue weighted by Gasteiger charge is 2.41. The SMILES string of the molecule is Cc1ccc(C)c(Oc2c(C(F)(F)F)oc3c(CN(C)C4CCCCC4)c(O)ccc3c2=O)c1. The van der Waals surface area contributed by atoms with Crippen molar-refractivity contribution in [1.82, 2.24) is 4.90 Å². The molecule has 1 saturated carbocycles. The summed E-state index contributed by atoms with van der Waals surface area (Å²) in [4.78, 5) is 15.3. The maximum absolute atomic E-state index is 14.0. The van der Waals surface area contributed by atoms with Crippen LogP contribution in [0.1, 0.15) is 54.6 Å². The maximum Gasteiger partial charge on any atom is 0.453 e. The van der Waals surface area contributed by atoms with E-state index in [1.54, 1.807) is 32.0 Å². The summed E-state index contributed by atoms with van der Waals surface area (Å²) in [5.74, 6) is -2.49. The summed E-state index contributed by atoms with van der Waals surface area (Å²) in [6.45, 7) is 3.62. The smallest absolute Gasteiger partial charge is 0.453 e. The van der Waals surface area contributed by atoms with E-state index in [-0.39, 0.29) is 40.6 Å². The molecule has 0 amide bonds. The van der Waals surface area contributed by atoms with Gasteiger partial charge in [-0.1, -0.05) is 31.4 Å². The summed E-state index contributed by atoms with van der Waals surface area (Å²) in [6.07, 6.45) is 0.322. The predicted octanol–water partition coefficient (Wildman–Crippen LogP) is 6.69. The molecule has 0 spiro atoms. The molecule has 0 bridgehead atoms. The molecule has 34 heavy (non-hydrogen) atoms. The van der Waals surface area contributed by atoms with Gasteiger partial charge in [-0.05, 0) is 63.1 Å². The largest absolute Gasteiger partial charge is 0.507 e. The standard InChI is InChI=1S/C26H28F3NO4/c1-15-9-10-16(2)21(13-15)33-24-22(32)18-11-12-20(31)19(23(18)34-25(24)26(27,28)29)14-30(3)17-7-5-4-6-8-17/h9-13,17,31H,4-8,14H2,1-3H3. The van der Waals surface area contributed by atoms with Crippen LogP contribution in [0.2, 0.25) is 0 Å². The van der Waals surface area contributed by atoms with Gasteiger partial charge in [0.15, 0.2) is 0 Å². The number of phenols is 1. The number of rotatable bonds is 5. The minimum atomic E-state index is -4.97. The van der Waals surface area contributed by atoms with Gasteiger partial charge in [-0.15, -0.1) is 0 Å². The van der Waals surface area contributed by atoms with Gasteiger partial charge in [0.2, 0.25) is 11.2 Å². The van der Waals surface area contributed by atoms with E-state index in [1.165, 1.54) is 12.1 Å². The Kier molecular flexibility index (Phi) is 6.62. The molecule has 0 aliphatic heterocycles.